The Hall–Kier alpha value is -1.26. The highest BCUT2D eigenvalue weighted by molar-refractivity contribution is 5.76. The monoisotopic (exact) mass is 255 g/mol. The summed E-state index contributed by atoms with van der Waals surface area (Å²) in [5.41, 5.74) is 0. The average Bonchev–Trinajstić information content (AvgIpc) is 2.29. The smallest absolute Gasteiger partial charge is 0.314 e. The molecule has 0 aromatic rings. The van der Waals surface area contributed by atoms with E-state index in [0.29, 0.717) is 18.9 Å². The van der Waals surface area contributed by atoms with Gasteiger partial charge < -0.3 is 15.5 Å². The molecular formula is C13H25N3O2. The van der Waals surface area contributed by atoms with E-state index in [1.54, 1.807) is 0 Å². The van der Waals surface area contributed by atoms with Crippen molar-refractivity contribution >= 4 is 11.9 Å². The lowest BCUT2D eigenvalue weighted by molar-refractivity contribution is -0.133. The van der Waals surface area contributed by atoms with Crippen molar-refractivity contribution in [1.29, 1.82) is 0 Å². The maximum absolute atomic E-state index is 11.9. The van der Waals surface area contributed by atoms with Crippen LogP contribution in [0.15, 0.2) is 0 Å². The Kier molecular flexibility index (Phi) is 5.95. The van der Waals surface area contributed by atoms with Gasteiger partial charge in [-0.15, -0.1) is 0 Å². The number of nitrogens with zero attached hydrogens (tertiary/aromatic N) is 1. The molecule has 0 bridgehead atoms. The Labute approximate surface area is 109 Å². The third-order valence-corrected chi connectivity index (χ3v) is 3.10. The number of rotatable bonds is 4. The molecule has 1 aliphatic rings. The standard InChI is InChI=1S/C13H25N3O2/c1-4-14-13(18)15-11-5-7-16(8-6-11)12(17)9-10(2)3/h10-11H,4-9H2,1-3H3,(H2,14,15,18). The molecule has 0 aliphatic carbocycles. The van der Waals surface area contributed by atoms with E-state index in [4.69, 9.17) is 0 Å². The van der Waals surface area contributed by atoms with Crippen molar-refractivity contribution in [3.05, 3.63) is 0 Å². The zero-order valence-corrected chi connectivity index (χ0v) is 11.7. The molecule has 2 N–H and O–H groups in total. The number of hydrogen-bond donors (Lipinski definition) is 2. The first kappa shape index (κ1) is 14.8. The minimum Gasteiger partial charge on any atom is -0.343 e. The molecule has 5 nitrogen and oxygen atoms in total. The van der Waals surface area contributed by atoms with Gasteiger partial charge in [0, 0.05) is 32.1 Å². The molecule has 0 radical (unpaired) electrons. The topological polar surface area (TPSA) is 61.4 Å². The summed E-state index contributed by atoms with van der Waals surface area (Å²) in [5.74, 6) is 0.644. The molecule has 1 fully saturated rings. The lowest BCUT2D eigenvalue weighted by atomic mass is 10.0. The van der Waals surface area contributed by atoms with Gasteiger partial charge in [0.15, 0.2) is 0 Å². The molecule has 1 aliphatic heterocycles. The molecule has 0 aromatic carbocycles. The summed E-state index contributed by atoms with van der Waals surface area (Å²) >= 11 is 0. The summed E-state index contributed by atoms with van der Waals surface area (Å²) in [7, 11) is 0. The molecule has 3 amide bonds. The third-order valence-electron chi connectivity index (χ3n) is 3.10. The zero-order chi connectivity index (χ0) is 13.5. The van der Waals surface area contributed by atoms with Crippen molar-refractivity contribution in [3.8, 4) is 0 Å². The molecule has 0 atom stereocenters. The summed E-state index contributed by atoms with van der Waals surface area (Å²) in [6.45, 7) is 8.15. The fourth-order valence-electron chi connectivity index (χ4n) is 2.15. The van der Waals surface area contributed by atoms with Gasteiger partial charge in [-0.2, -0.15) is 0 Å². The Bertz CT molecular complexity index is 284. The van der Waals surface area contributed by atoms with E-state index < -0.39 is 0 Å². The van der Waals surface area contributed by atoms with Crippen molar-refractivity contribution in [1.82, 2.24) is 15.5 Å². The summed E-state index contributed by atoms with van der Waals surface area (Å²) in [6, 6.07) is 0.0871. The fraction of sp³-hybridized carbons (Fsp3) is 0.846. The first-order valence-corrected chi connectivity index (χ1v) is 6.85. The van der Waals surface area contributed by atoms with Crippen LogP contribution in [0.2, 0.25) is 0 Å². The van der Waals surface area contributed by atoms with E-state index in [1.165, 1.54) is 0 Å². The predicted octanol–water partition coefficient (Wildman–Crippen LogP) is 1.34. The first-order valence-electron chi connectivity index (χ1n) is 6.85. The van der Waals surface area contributed by atoms with Crippen LogP contribution < -0.4 is 10.6 Å². The van der Waals surface area contributed by atoms with Crippen molar-refractivity contribution in [2.45, 2.75) is 46.1 Å². The molecule has 1 saturated heterocycles. The molecule has 0 aromatic heterocycles. The van der Waals surface area contributed by atoms with Crippen molar-refractivity contribution < 1.29 is 9.59 Å². The van der Waals surface area contributed by atoms with Gasteiger partial charge in [-0.3, -0.25) is 4.79 Å². The van der Waals surface area contributed by atoms with Gasteiger partial charge in [-0.25, -0.2) is 4.79 Å². The number of piperidine rings is 1. The number of nitrogens with one attached hydrogen (secondary N) is 2. The number of amides is 3. The van der Waals surface area contributed by atoms with Crippen LogP contribution in [0.1, 0.15) is 40.0 Å². The van der Waals surface area contributed by atoms with E-state index in [0.717, 1.165) is 25.9 Å². The van der Waals surface area contributed by atoms with Gasteiger partial charge >= 0.3 is 6.03 Å². The van der Waals surface area contributed by atoms with Crippen LogP contribution in [0.5, 0.6) is 0 Å². The lowest BCUT2D eigenvalue weighted by Crippen LogP contribution is -2.49. The Balaban J connectivity index is 2.28. The van der Waals surface area contributed by atoms with E-state index in [-0.39, 0.29) is 18.0 Å². The Morgan fingerprint density at radius 3 is 2.39 bits per heavy atom. The molecule has 0 saturated carbocycles. The summed E-state index contributed by atoms with van der Waals surface area (Å²) in [4.78, 5) is 25.1. The predicted molar refractivity (Wildman–Crippen MR) is 71.3 cm³/mol. The summed E-state index contributed by atoms with van der Waals surface area (Å²) in [5, 5.41) is 5.65. The Morgan fingerprint density at radius 2 is 1.89 bits per heavy atom. The zero-order valence-electron chi connectivity index (χ0n) is 11.7. The van der Waals surface area contributed by atoms with Crippen LogP contribution in [0, 0.1) is 5.92 Å². The van der Waals surface area contributed by atoms with E-state index in [1.807, 2.05) is 11.8 Å². The number of likely N-dealkylation sites (tertiary alicyclic amines) is 1. The first-order chi connectivity index (χ1) is 8.52. The van der Waals surface area contributed by atoms with Crippen LogP contribution in [-0.4, -0.2) is 42.5 Å². The normalized spacial score (nSPS) is 16.8. The van der Waals surface area contributed by atoms with E-state index in [9.17, 15) is 9.59 Å². The lowest BCUT2D eigenvalue weighted by Gasteiger charge is -2.32. The van der Waals surface area contributed by atoms with Crippen LogP contribution in [0.4, 0.5) is 4.79 Å². The summed E-state index contributed by atoms with van der Waals surface area (Å²) in [6.07, 6.45) is 2.32. The number of urea groups is 1. The van der Waals surface area contributed by atoms with Gasteiger partial charge in [0.2, 0.25) is 5.91 Å². The molecular weight excluding hydrogens is 230 g/mol. The van der Waals surface area contributed by atoms with Crippen LogP contribution in [0.25, 0.3) is 0 Å². The van der Waals surface area contributed by atoms with Crippen LogP contribution in [0.3, 0.4) is 0 Å². The minimum absolute atomic E-state index is 0.107. The van der Waals surface area contributed by atoms with Gasteiger partial charge in [-0.1, -0.05) is 13.8 Å². The third kappa shape index (κ3) is 4.94. The summed E-state index contributed by atoms with van der Waals surface area (Å²) < 4.78 is 0. The number of carbonyl (C=O) groups excluding carboxylic acids is 2. The molecule has 0 spiro atoms. The van der Waals surface area contributed by atoms with Crippen molar-refractivity contribution in [2.75, 3.05) is 19.6 Å². The van der Waals surface area contributed by atoms with Crippen molar-refractivity contribution in [2.24, 2.45) is 5.92 Å². The molecule has 1 heterocycles. The largest absolute Gasteiger partial charge is 0.343 e. The molecule has 18 heavy (non-hydrogen) atoms. The van der Waals surface area contributed by atoms with Gasteiger partial charge in [0.25, 0.3) is 0 Å². The van der Waals surface area contributed by atoms with Gasteiger partial charge in [-0.05, 0) is 25.7 Å². The SMILES string of the molecule is CCNC(=O)NC1CCN(C(=O)CC(C)C)CC1. The second kappa shape index (κ2) is 7.24. The van der Waals surface area contributed by atoms with Crippen LogP contribution in [-0.2, 0) is 4.79 Å². The highest BCUT2D eigenvalue weighted by atomic mass is 16.2. The number of hydrogen-bond acceptors (Lipinski definition) is 2. The maximum Gasteiger partial charge on any atom is 0.314 e. The molecule has 5 heteroatoms. The highest BCUT2D eigenvalue weighted by Crippen LogP contribution is 2.13. The molecule has 0 unspecified atom stereocenters. The minimum atomic E-state index is -0.107. The quantitative estimate of drug-likeness (QED) is 0.796. The maximum atomic E-state index is 11.9. The average molecular weight is 255 g/mol. The van der Waals surface area contributed by atoms with Gasteiger partial charge in [0.05, 0.1) is 0 Å². The number of carbonyl (C=O) groups is 2. The van der Waals surface area contributed by atoms with Crippen molar-refractivity contribution in [3.63, 3.8) is 0 Å². The highest BCUT2D eigenvalue weighted by Gasteiger charge is 2.23. The van der Waals surface area contributed by atoms with E-state index in [2.05, 4.69) is 24.5 Å². The molecule has 1 rings (SSSR count). The molecule has 104 valence electrons. The Morgan fingerprint density at radius 1 is 1.28 bits per heavy atom. The van der Waals surface area contributed by atoms with Crippen LogP contribution >= 0.6 is 0 Å². The van der Waals surface area contributed by atoms with Gasteiger partial charge in [0.1, 0.15) is 0 Å². The fourth-order valence-corrected chi connectivity index (χ4v) is 2.15. The second-order valence-corrected chi connectivity index (χ2v) is 5.26. The van der Waals surface area contributed by atoms with E-state index >= 15 is 0 Å². The second-order valence-electron chi connectivity index (χ2n) is 5.26.